The first-order valence-corrected chi connectivity index (χ1v) is 5.47. The van der Waals surface area contributed by atoms with Gasteiger partial charge in [0, 0.05) is 12.5 Å². The summed E-state index contributed by atoms with van der Waals surface area (Å²) in [7, 11) is 0. The van der Waals surface area contributed by atoms with Crippen molar-refractivity contribution in [3.8, 4) is 0 Å². The Kier molecular flexibility index (Phi) is 4.70. The number of hydrogen-bond acceptors (Lipinski definition) is 2. The minimum atomic E-state index is -0.481. The predicted octanol–water partition coefficient (Wildman–Crippen LogP) is 1.71. The first-order valence-electron chi connectivity index (χ1n) is 5.47. The molecular formula is C13H17NO2. The molecule has 1 rings (SSSR count). The maximum atomic E-state index is 11.4. The van der Waals surface area contributed by atoms with E-state index in [9.17, 15) is 9.59 Å². The topological polar surface area (TPSA) is 46.2 Å². The maximum absolute atomic E-state index is 11.4. The van der Waals surface area contributed by atoms with Crippen LogP contribution in [0.4, 0.5) is 0 Å². The summed E-state index contributed by atoms with van der Waals surface area (Å²) in [6.45, 7) is 3.67. The third kappa shape index (κ3) is 4.26. The maximum Gasteiger partial charge on any atom is 0.287 e. The zero-order chi connectivity index (χ0) is 12.0. The first-order chi connectivity index (χ1) is 7.59. The van der Waals surface area contributed by atoms with Crippen LogP contribution < -0.4 is 5.32 Å². The monoisotopic (exact) mass is 219 g/mol. The van der Waals surface area contributed by atoms with E-state index in [2.05, 4.69) is 5.32 Å². The quantitative estimate of drug-likeness (QED) is 0.766. The van der Waals surface area contributed by atoms with E-state index in [-0.39, 0.29) is 18.2 Å². The summed E-state index contributed by atoms with van der Waals surface area (Å²) in [5, 5.41) is 2.59. The molecule has 3 heteroatoms. The van der Waals surface area contributed by atoms with Gasteiger partial charge in [-0.3, -0.25) is 9.59 Å². The first kappa shape index (κ1) is 12.4. The molecule has 0 unspecified atom stereocenters. The molecule has 0 aliphatic heterocycles. The Morgan fingerprint density at radius 1 is 1.19 bits per heavy atom. The summed E-state index contributed by atoms with van der Waals surface area (Å²) in [5.41, 5.74) is 1.08. The highest BCUT2D eigenvalue weighted by Crippen LogP contribution is 2.02. The molecule has 86 valence electrons. The number of carbonyl (C=O) groups excluding carboxylic acids is 2. The molecule has 16 heavy (non-hydrogen) atoms. The molecule has 1 aromatic carbocycles. The van der Waals surface area contributed by atoms with Crippen LogP contribution in [-0.4, -0.2) is 17.7 Å². The summed E-state index contributed by atoms with van der Waals surface area (Å²) in [4.78, 5) is 22.8. The van der Waals surface area contributed by atoms with Crippen molar-refractivity contribution in [1.29, 1.82) is 0 Å². The van der Waals surface area contributed by atoms with Gasteiger partial charge < -0.3 is 5.32 Å². The highest BCUT2D eigenvalue weighted by atomic mass is 16.2. The number of nitrogens with one attached hydrogen (secondary N) is 1. The molecule has 0 aliphatic rings. The van der Waals surface area contributed by atoms with Gasteiger partial charge >= 0.3 is 0 Å². The Balaban J connectivity index is 2.38. The number of hydrogen-bond donors (Lipinski definition) is 1. The van der Waals surface area contributed by atoms with E-state index >= 15 is 0 Å². The third-order valence-corrected chi connectivity index (χ3v) is 2.16. The molecule has 0 radical (unpaired) electrons. The van der Waals surface area contributed by atoms with Crippen LogP contribution in [0.2, 0.25) is 0 Å². The van der Waals surface area contributed by atoms with Gasteiger partial charge in [0.15, 0.2) is 0 Å². The zero-order valence-electron chi connectivity index (χ0n) is 9.69. The molecule has 0 aliphatic carbocycles. The highest BCUT2D eigenvalue weighted by Gasteiger charge is 2.13. The number of amides is 1. The van der Waals surface area contributed by atoms with Crippen LogP contribution in [0.5, 0.6) is 0 Å². The summed E-state index contributed by atoms with van der Waals surface area (Å²) in [5.74, 6) is -0.830. The van der Waals surface area contributed by atoms with Gasteiger partial charge in [-0.05, 0) is 25.8 Å². The van der Waals surface area contributed by atoms with Gasteiger partial charge in [-0.1, -0.05) is 30.3 Å². The molecule has 0 aromatic heterocycles. The van der Waals surface area contributed by atoms with Crippen molar-refractivity contribution in [1.82, 2.24) is 5.32 Å². The molecule has 0 spiro atoms. The fraction of sp³-hybridized carbons (Fsp3) is 0.385. The van der Waals surface area contributed by atoms with Crippen molar-refractivity contribution in [3.05, 3.63) is 35.9 Å². The fourth-order valence-electron chi connectivity index (χ4n) is 1.36. The van der Waals surface area contributed by atoms with Crippen molar-refractivity contribution >= 4 is 11.7 Å². The molecule has 1 aromatic rings. The second-order valence-electron chi connectivity index (χ2n) is 4.04. The molecule has 0 fully saturated rings. The molecular weight excluding hydrogens is 202 g/mol. The molecule has 3 nitrogen and oxygen atoms in total. The lowest BCUT2D eigenvalue weighted by molar-refractivity contribution is -0.138. The SMILES string of the molecule is CC(C)NC(=O)C(=O)CCc1ccccc1. The van der Waals surface area contributed by atoms with E-state index in [0.717, 1.165) is 5.56 Å². The third-order valence-electron chi connectivity index (χ3n) is 2.16. The minimum absolute atomic E-state index is 0.00757. The molecule has 0 saturated heterocycles. The van der Waals surface area contributed by atoms with Crippen molar-refractivity contribution in [2.45, 2.75) is 32.7 Å². The summed E-state index contributed by atoms with van der Waals surface area (Å²) >= 11 is 0. The second kappa shape index (κ2) is 6.05. The average molecular weight is 219 g/mol. The predicted molar refractivity (Wildman–Crippen MR) is 63.0 cm³/mol. The normalized spacial score (nSPS) is 10.2. The van der Waals surface area contributed by atoms with Crippen LogP contribution >= 0.6 is 0 Å². The van der Waals surface area contributed by atoms with E-state index in [1.807, 2.05) is 44.2 Å². The van der Waals surface area contributed by atoms with Gasteiger partial charge in [-0.15, -0.1) is 0 Å². The van der Waals surface area contributed by atoms with Crippen molar-refractivity contribution in [2.24, 2.45) is 0 Å². The van der Waals surface area contributed by atoms with E-state index < -0.39 is 5.91 Å². The van der Waals surface area contributed by atoms with Crippen molar-refractivity contribution < 1.29 is 9.59 Å². The zero-order valence-corrected chi connectivity index (χ0v) is 9.69. The Labute approximate surface area is 95.9 Å². The van der Waals surface area contributed by atoms with Crippen LogP contribution in [0.1, 0.15) is 25.8 Å². The highest BCUT2D eigenvalue weighted by molar-refractivity contribution is 6.36. The Hall–Kier alpha value is -1.64. The van der Waals surface area contributed by atoms with Crippen LogP contribution in [-0.2, 0) is 16.0 Å². The van der Waals surface area contributed by atoms with Crippen molar-refractivity contribution in [3.63, 3.8) is 0 Å². The second-order valence-corrected chi connectivity index (χ2v) is 4.04. The number of Topliss-reactive ketones (excluding diaryl/α,β-unsaturated/α-hetero) is 1. The van der Waals surface area contributed by atoms with Gasteiger partial charge in [0.05, 0.1) is 0 Å². The van der Waals surface area contributed by atoms with Gasteiger partial charge in [0.25, 0.3) is 5.91 Å². The fourth-order valence-corrected chi connectivity index (χ4v) is 1.36. The molecule has 1 N–H and O–H groups in total. The number of carbonyl (C=O) groups is 2. The van der Waals surface area contributed by atoms with Gasteiger partial charge in [0.1, 0.15) is 0 Å². The smallest absolute Gasteiger partial charge is 0.287 e. The number of rotatable bonds is 5. The lowest BCUT2D eigenvalue weighted by Crippen LogP contribution is -2.36. The summed E-state index contributed by atoms with van der Waals surface area (Å²) in [6.07, 6.45) is 0.883. The molecule has 1 amide bonds. The number of aryl methyl sites for hydroxylation is 1. The standard InChI is InChI=1S/C13H17NO2/c1-10(2)14-13(16)12(15)9-8-11-6-4-3-5-7-11/h3-7,10H,8-9H2,1-2H3,(H,14,16). The largest absolute Gasteiger partial charge is 0.347 e. The van der Waals surface area contributed by atoms with Crippen LogP contribution in [0, 0.1) is 0 Å². The molecule has 0 saturated carbocycles. The Morgan fingerprint density at radius 3 is 2.38 bits per heavy atom. The van der Waals surface area contributed by atoms with Crippen molar-refractivity contribution in [2.75, 3.05) is 0 Å². The lowest BCUT2D eigenvalue weighted by Gasteiger charge is -2.06. The average Bonchev–Trinajstić information content (AvgIpc) is 2.26. The Bertz CT molecular complexity index is 357. The molecule has 0 atom stereocenters. The lowest BCUT2D eigenvalue weighted by atomic mass is 10.1. The van der Waals surface area contributed by atoms with E-state index in [0.29, 0.717) is 6.42 Å². The van der Waals surface area contributed by atoms with Gasteiger partial charge in [-0.2, -0.15) is 0 Å². The van der Waals surface area contributed by atoms with Crippen LogP contribution in [0.3, 0.4) is 0 Å². The van der Waals surface area contributed by atoms with E-state index in [4.69, 9.17) is 0 Å². The summed E-state index contributed by atoms with van der Waals surface area (Å²) in [6, 6.07) is 9.69. The van der Waals surface area contributed by atoms with E-state index in [1.54, 1.807) is 0 Å². The number of benzene rings is 1. The molecule has 0 bridgehead atoms. The Morgan fingerprint density at radius 2 is 1.81 bits per heavy atom. The van der Waals surface area contributed by atoms with E-state index in [1.165, 1.54) is 0 Å². The van der Waals surface area contributed by atoms with Gasteiger partial charge in [-0.25, -0.2) is 0 Å². The molecule has 0 heterocycles. The number of ketones is 1. The summed E-state index contributed by atoms with van der Waals surface area (Å²) < 4.78 is 0. The van der Waals surface area contributed by atoms with Crippen LogP contribution in [0.25, 0.3) is 0 Å². The van der Waals surface area contributed by atoms with Crippen LogP contribution in [0.15, 0.2) is 30.3 Å². The van der Waals surface area contributed by atoms with Gasteiger partial charge in [0.2, 0.25) is 5.78 Å². The minimum Gasteiger partial charge on any atom is -0.347 e.